The quantitative estimate of drug-likeness (QED) is 0.852. The average Bonchev–Trinajstić information content (AvgIpc) is 2.84. The van der Waals surface area contributed by atoms with Crippen LogP contribution < -0.4 is 0 Å². The zero-order chi connectivity index (χ0) is 16.6. The summed E-state index contributed by atoms with van der Waals surface area (Å²) in [7, 11) is -1.50. The molecule has 1 aromatic carbocycles. The summed E-state index contributed by atoms with van der Waals surface area (Å²) in [6.07, 6.45) is 0. The lowest BCUT2D eigenvalue weighted by Gasteiger charge is -2.31. The first-order valence-corrected chi connectivity index (χ1v) is 9.15. The zero-order valence-corrected chi connectivity index (χ0v) is 14.5. The standard InChI is InChI=1S/C16H22N4O2S/c1-13-16(23(21,22)19-11-9-18(3)10-12-19)14(2)20(17-13)15-7-5-4-6-8-15/h4-8H,9-12H2,1-3H3. The van der Waals surface area contributed by atoms with Gasteiger partial charge < -0.3 is 4.90 Å². The van der Waals surface area contributed by atoms with E-state index in [4.69, 9.17) is 0 Å². The van der Waals surface area contributed by atoms with Crippen molar-refractivity contribution in [3.8, 4) is 5.69 Å². The Hall–Kier alpha value is -1.70. The second kappa shape index (κ2) is 6.07. The number of para-hydroxylation sites is 1. The maximum atomic E-state index is 13.0. The third-order valence-electron chi connectivity index (χ3n) is 4.29. The van der Waals surface area contributed by atoms with E-state index in [1.54, 1.807) is 15.9 Å². The first-order chi connectivity index (χ1) is 10.9. The summed E-state index contributed by atoms with van der Waals surface area (Å²) < 4.78 is 29.3. The van der Waals surface area contributed by atoms with E-state index in [9.17, 15) is 8.42 Å². The molecule has 1 fully saturated rings. The molecule has 2 heterocycles. The van der Waals surface area contributed by atoms with Gasteiger partial charge in [0.05, 0.1) is 17.1 Å². The summed E-state index contributed by atoms with van der Waals surface area (Å²) in [5, 5.41) is 4.46. The molecule has 0 N–H and O–H groups in total. The molecule has 124 valence electrons. The third-order valence-corrected chi connectivity index (χ3v) is 6.44. The number of benzene rings is 1. The molecule has 0 spiro atoms. The van der Waals surface area contributed by atoms with E-state index in [-0.39, 0.29) is 0 Å². The van der Waals surface area contributed by atoms with Crippen LogP contribution in [0.25, 0.3) is 5.69 Å². The number of likely N-dealkylation sites (N-methyl/N-ethyl adjacent to an activating group) is 1. The van der Waals surface area contributed by atoms with Gasteiger partial charge in [-0.2, -0.15) is 9.40 Å². The second-order valence-corrected chi connectivity index (χ2v) is 7.83. The van der Waals surface area contributed by atoms with Gasteiger partial charge in [-0.05, 0) is 33.0 Å². The van der Waals surface area contributed by atoms with Crippen molar-refractivity contribution in [1.82, 2.24) is 19.0 Å². The molecule has 0 unspecified atom stereocenters. The molecule has 0 radical (unpaired) electrons. The van der Waals surface area contributed by atoms with Gasteiger partial charge in [-0.25, -0.2) is 13.1 Å². The van der Waals surface area contributed by atoms with Crippen LogP contribution in [0.15, 0.2) is 35.2 Å². The Labute approximate surface area is 137 Å². The van der Waals surface area contributed by atoms with Crippen molar-refractivity contribution >= 4 is 10.0 Å². The number of rotatable bonds is 3. The Bertz CT molecular complexity index is 791. The first-order valence-electron chi connectivity index (χ1n) is 7.71. The predicted molar refractivity (Wildman–Crippen MR) is 89.3 cm³/mol. The van der Waals surface area contributed by atoms with Gasteiger partial charge in [-0.1, -0.05) is 18.2 Å². The van der Waals surface area contributed by atoms with Crippen LogP contribution in [0.2, 0.25) is 0 Å². The minimum Gasteiger partial charge on any atom is -0.304 e. The molecule has 1 aliphatic rings. The van der Waals surface area contributed by atoms with E-state index < -0.39 is 10.0 Å². The topological polar surface area (TPSA) is 58.4 Å². The van der Waals surface area contributed by atoms with Crippen LogP contribution in [0.5, 0.6) is 0 Å². The molecule has 1 aromatic heterocycles. The van der Waals surface area contributed by atoms with Gasteiger partial charge in [0.2, 0.25) is 10.0 Å². The van der Waals surface area contributed by atoms with Crippen LogP contribution in [0.1, 0.15) is 11.4 Å². The Balaban J connectivity index is 2.02. The molecule has 1 aliphatic heterocycles. The van der Waals surface area contributed by atoms with E-state index in [1.165, 1.54) is 0 Å². The van der Waals surface area contributed by atoms with Crippen molar-refractivity contribution in [2.75, 3.05) is 33.2 Å². The smallest absolute Gasteiger partial charge is 0.246 e. The molecule has 2 aromatic rings. The Morgan fingerprint density at radius 3 is 2.22 bits per heavy atom. The van der Waals surface area contributed by atoms with Gasteiger partial charge >= 0.3 is 0 Å². The lowest BCUT2D eigenvalue weighted by Crippen LogP contribution is -2.47. The van der Waals surface area contributed by atoms with Gasteiger partial charge in [0, 0.05) is 26.2 Å². The highest BCUT2D eigenvalue weighted by atomic mass is 32.2. The highest BCUT2D eigenvalue weighted by molar-refractivity contribution is 7.89. The van der Waals surface area contributed by atoms with Crippen LogP contribution in [-0.2, 0) is 10.0 Å². The van der Waals surface area contributed by atoms with Gasteiger partial charge in [0.25, 0.3) is 0 Å². The van der Waals surface area contributed by atoms with Crippen molar-refractivity contribution in [2.24, 2.45) is 0 Å². The van der Waals surface area contributed by atoms with Gasteiger partial charge in [-0.3, -0.25) is 0 Å². The number of aryl methyl sites for hydroxylation is 1. The fourth-order valence-corrected chi connectivity index (χ4v) is 4.76. The molecule has 0 atom stereocenters. The molecule has 0 saturated carbocycles. The molecule has 0 aliphatic carbocycles. The minimum atomic E-state index is -3.51. The van der Waals surface area contributed by atoms with Crippen molar-refractivity contribution in [2.45, 2.75) is 18.7 Å². The molecule has 7 heteroatoms. The number of aromatic nitrogens is 2. The van der Waals surface area contributed by atoms with Crippen LogP contribution >= 0.6 is 0 Å². The van der Waals surface area contributed by atoms with E-state index in [2.05, 4.69) is 10.00 Å². The van der Waals surface area contributed by atoms with E-state index in [1.807, 2.05) is 44.3 Å². The van der Waals surface area contributed by atoms with Crippen LogP contribution in [0, 0.1) is 13.8 Å². The SMILES string of the molecule is Cc1nn(-c2ccccc2)c(C)c1S(=O)(=O)N1CCN(C)CC1. The lowest BCUT2D eigenvalue weighted by molar-refractivity contribution is 0.222. The number of hydrogen-bond donors (Lipinski definition) is 0. The van der Waals surface area contributed by atoms with Gasteiger partial charge in [0.15, 0.2) is 0 Å². The minimum absolute atomic E-state index is 0.339. The van der Waals surface area contributed by atoms with Crippen LogP contribution in [0.3, 0.4) is 0 Å². The molecule has 1 saturated heterocycles. The number of sulfonamides is 1. The van der Waals surface area contributed by atoms with E-state index in [0.717, 1.165) is 18.8 Å². The predicted octanol–water partition coefficient (Wildman–Crippen LogP) is 1.43. The Morgan fingerprint density at radius 1 is 1.00 bits per heavy atom. The summed E-state index contributed by atoms with van der Waals surface area (Å²) >= 11 is 0. The molecule has 6 nitrogen and oxygen atoms in total. The van der Waals surface area contributed by atoms with Crippen molar-refractivity contribution in [3.63, 3.8) is 0 Å². The largest absolute Gasteiger partial charge is 0.304 e. The van der Waals surface area contributed by atoms with Gasteiger partial charge in [-0.15, -0.1) is 0 Å². The molecule has 23 heavy (non-hydrogen) atoms. The number of hydrogen-bond acceptors (Lipinski definition) is 4. The summed E-state index contributed by atoms with van der Waals surface area (Å²) in [6, 6.07) is 9.61. The summed E-state index contributed by atoms with van der Waals surface area (Å²) in [6.45, 7) is 6.13. The van der Waals surface area contributed by atoms with Crippen molar-refractivity contribution < 1.29 is 8.42 Å². The van der Waals surface area contributed by atoms with Crippen LogP contribution in [0.4, 0.5) is 0 Å². The zero-order valence-electron chi connectivity index (χ0n) is 13.7. The molecule has 0 bridgehead atoms. The van der Waals surface area contributed by atoms with Crippen molar-refractivity contribution in [3.05, 3.63) is 41.7 Å². The van der Waals surface area contributed by atoms with E-state index in [0.29, 0.717) is 29.4 Å². The summed E-state index contributed by atoms with van der Waals surface area (Å²) in [5.41, 5.74) is 2.07. The maximum absolute atomic E-state index is 13.0. The van der Waals surface area contributed by atoms with E-state index >= 15 is 0 Å². The summed E-state index contributed by atoms with van der Waals surface area (Å²) in [4.78, 5) is 2.48. The highest BCUT2D eigenvalue weighted by Crippen LogP contribution is 2.26. The van der Waals surface area contributed by atoms with Gasteiger partial charge in [0.1, 0.15) is 4.90 Å². The fraction of sp³-hybridized carbons (Fsp3) is 0.438. The molecular formula is C16H22N4O2S. The first kappa shape index (κ1) is 16.2. The lowest BCUT2D eigenvalue weighted by atomic mass is 10.3. The normalized spacial score (nSPS) is 17.5. The van der Waals surface area contributed by atoms with Crippen LogP contribution in [-0.4, -0.2) is 60.6 Å². The Kier molecular flexibility index (Phi) is 4.27. The Morgan fingerprint density at radius 2 is 1.61 bits per heavy atom. The second-order valence-electron chi connectivity index (χ2n) is 5.95. The third kappa shape index (κ3) is 2.91. The summed E-state index contributed by atoms with van der Waals surface area (Å²) in [5.74, 6) is 0. The maximum Gasteiger partial charge on any atom is 0.246 e. The van der Waals surface area contributed by atoms with Crippen molar-refractivity contribution in [1.29, 1.82) is 0 Å². The molecular weight excluding hydrogens is 312 g/mol. The fourth-order valence-electron chi connectivity index (χ4n) is 2.98. The number of piperazine rings is 1. The molecule has 0 amide bonds. The average molecular weight is 334 g/mol. The highest BCUT2D eigenvalue weighted by Gasteiger charge is 2.32. The monoisotopic (exact) mass is 334 g/mol. The number of nitrogens with zero attached hydrogens (tertiary/aromatic N) is 4. The molecule has 3 rings (SSSR count).